The first kappa shape index (κ1) is 20.3. The van der Waals surface area contributed by atoms with E-state index in [0.717, 1.165) is 6.20 Å². The summed E-state index contributed by atoms with van der Waals surface area (Å²) in [5, 5.41) is 2.58. The highest BCUT2D eigenvalue weighted by molar-refractivity contribution is 6.05. The van der Waals surface area contributed by atoms with Gasteiger partial charge in [-0.1, -0.05) is 5.92 Å². The molecule has 144 valence electrons. The molecule has 1 aromatic heterocycles. The number of amides is 1. The third-order valence-electron chi connectivity index (χ3n) is 3.42. The summed E-state index contributed by atoms with van der Waals surface area (Å²) in [4.78, 5) is 19.7. The summed E-state index contributed by atoms with van der Waals surface area (Å²) < 4.78 is 43.9. The van der Waals surface area contributed by atoms with E-state index >= 15 is 0 Å². The number of anilines is 1. The number of benzene rings is 1. The van der Waals surface area contributed by atoms with Gasteiger partial charge in [-0.25, -0.2) is 4.98 Å². The van der Waals surface area contributed by atoms with Gasteiger partial charge in [0.25, 0.3) is 5.91 Å². The first-order valence-corrected chi connectivity index (χ1v) is 7.98. The van der Waals surface area contributed by atoms with Gasteiger partial charge in [-0.15, -0.1) is 0 Å². The molecular weight excluding hydrogens is 361 g/mol. The number of carbonyl (C=O) groups is 1. The van der Waals surface area contributed by atoms with Crippen LogP contribution in [0.2, 0.25) is 0 Å². The summed E-state index contributed by atoms with van der Waals surface area (Å²) >= 11 is 0. The fraction of sp³-hybridized carbons (Fsp3) is 0.333. The third-order valence-corrected chi connectivity index (χ3v) is 3.42. The minimum Gasteiger partial charge on any atom is -0.490 e. The standard InChI is InChI=1S/C18H19F3N4O2/c1-4-5-16(26)23-13-10-12(6-7-14(13)27-9-8-25(2)3)17-22-11-15(24-17)18(19,20)21/h6-7,10-11H,8-9H2,1-3H3,(H,22,24)(H,23,26). The number of nitrogens with one attached hydrogen (secondary N) is 2. The molecule has 2 rings (SSSR count). The van der Waals surface area contributed by atoms with Crippen LogP contribution in [-0.4, -0.2) is 48.0 Å². The fourth-order valence-corrected chi connectivity index (χ4v) is 2.12. The molecule has 2 aromatic rings. The third kappa shape index (κ3) is 5.76. The van der Waals surface area contributed by atoms with Gasteiger partial charge in [0.2, 0.25) is 0 Å². The molecule has 0 spiro atoms. The molecular formula is C18H19F3N4O2. The average molecular weight is 380 g/mol. The Hall–Kier alpha value is -2.99. The van der Waals surface area contributed by atoms with Crippen LogP contribution in [0.15, 0.2) is 24.4 Å². The lowest BCUT2D eigenvalue weighted by Gasteiger charge is -2.15. The number of alkyl halides is 3. The molecule has 0 radical (unpaired) electrons. The summed E-state index contributed by atoms with van der Waals surface area (Å²) in [7, 11) is 3.78. The number of imidazole rings is 1. The highest BCUT2D eigenvalue weighted by atomic mass is 19.4. The molecule has 0 unspecified atom stereocenters. The van der Waals surface area contributed by atoms with Crippen molar-refractivity contribution in [1.29, 1.82) is 0 Å². The molecule has 0 atom stereocenters. The van der Waals surface area contributed by atoms with E-state index in [1.807, 2.05) is 19.0 Å². The first-order chi connectivity index (χ1) is 12.7. The van der Waals surface area contributed by atoms with Crippen LogP contribution < -0.4 is 10.1 Å². The average Bonchev–Trinajstić information content (AvgIpc) is 3.06. The monoisotopic (exact) mass is 380 g/mol. The van der Waals surface area contributed by atoms with Crippen LogP contribution >= 0.6 is 0 Å². The van der Waals surface area contributed by atoms with Crippen LogP contribution in [0, 0.1) is 11.8 Å². The number of carbonyl (C=O) groups excluding carboxylic acids is 1. The predicted octanol–water partition coefficient (Wildman–Crippen LogP) is 3.00. The normalized spacial score (nSPS) is 11.1. The van der Waals surface area contributed by atoms with Gasteiger partial charge in [-0.05, 0) is 45.1 Å². The zero-order chi connectivity index (χ0) is 20.0. The van der Waals surface area contributed by atoms with E-state index in [0.29, 0.717) is 30.2 Å². The number of H-pyrrole nitrogens is 1. The molecule has 0 fully saturated rings. The van der Waals surface area contributed by atoms with E-state index in [1.165, 1.54) is 13.0 Å². The summed E-state index contributed by atoms with van der Waals surface area (Å²) in [6.07, 6.45) is -3.80. The van der Waals surface area contributed by atoms with Crippen LogP contribution in [0.1, 0.15) is 12.6 Å². The smallest absolute Gasteiger partial charge is 0.432 e. The Labute approximate surface area is 154 Å². The summed E-state index contributed by atoms with van der Waals surface area (Å²) in [6, 6.07) is 4.61. The fourth-order valence-electron chi connectivity index (χ4n) is 2.12. The van der Waals surface area contributed by atoms with Crippen LogP contribution in [-0.2, 0) is 11.0 Å². The van der Waals surface area contributed by atoms with E-state index in [1.54, 1.807) is 12.1 Å². The van der Waals surface area contributed by atoms with E-state index in [-0.39, 0.29) is 5.82 Å². The second-order valence-electron chi connectivity index (χ2n) is 5.84. The lowest BCUT2D eigenvalue weighted by atomic mass is 10.1. The molecule has 1 heterocycles. The Morgan fingerprint density at radius 1 is 1.37 bits per heavy atom. The molecule has 9 heteroatoms. The minimum absolute atomic E-state index is 0.0271. The van der Waals surface area contributed by atoms with Gasteiger partial charge in [0.05, 0.1) is 11.9 Å². The lowest BCUT2D eigenvalue weighted by Crippen LogP contribution is -2.20. The topological polar surface area (TPSA) is 70.2 Å². The molecule has 1 aromatic carbocycles. The van der Waals surface area contributed by atoms with Crippen LogP contribution in [0.3, 0.4) is 0 Å². The van der Waals surface area contributed by atoms with Crippen molar-refractivity contribution < 1.29 is 22.7 Å². The number of halogens is 3. The number of aromatic nitrogens is 2. The van der Waals surface area contributed by atoms with Crippen molar-refractivity contribution in [3.8, 4) is 29.0 Å². The first-order valence-electron chi connectivity index (χ1n) is 7.98. The Balaban J connectivity index is 2.32. The second-order valence-corrected chi connectivity index (χ2v) is 5.84. The van der Waals surface area contributed by atoms with Crippen molar-refractivity contribution in [1.82, 2.24) is 14.9 Å². The number of likely N-dealkylation sites (N-methyl/N-ethyl adjacent to an activating group) is 1. The van der Waals surface area contributed by atoms with E-state index in [4.69, 9.17) is 4.74 Å². The number of rotatable bonds is 6. The predicted molar refractivity (Wildman–Crippen MR) is 95.2 cm³/mol. The molecule has 2 N–H and O–H groups in total. The zero-order valence-electron chi connectivity index (χ0n) is 15.1. The van der Waals surface area contributed by atoms with Crippen molar-refractivity contribution in [2.75, 3.05) is 32.6 Å². The molecule has 0 saturated heterocycles. The van der Waals surface area contributed by atoms with Gasteiger partial charge in [-0.3, -0.25) is 4.79 Å². The van der Waals surface area contributed by atoms with E-state index < -0.39 is 17.8 Å². The summed E-state index contributed by atoms with van der Waals surface area (Å²) in [5.41, 5.74) is -0.291. The van der Waals surface area contributed by atoms with Gasteiger partial charge >= 0.3 is 6.18 Å². The van der Waals surface area contributed by atoms with Crippen molar-refractivity contribution >= 4 is 11.6 Å². The number of hydrogen-bond donors (Lipinski definition) is 2. The highest BCUT2D eigenvalue weighted by Gasteiger charge is 2.33. The molecule has 1 amide bonds. The van der Waals surface area contributed by atoms with Gasteiger partial charge in [0.15, 0.2) is 0 Å². The molecule has 27 heavy (non-hydrogen) atoms. The van der Waals surface area contributed by atoms with Gasteiger partial charge in [0, 0.05) is 12.1 Å². The Kier molecular flexibility index (Phi) is 6.47. The van der Waals surface area contributed by atoms with Crippen LogP contribution in [0.4, 0.5) is 18.9 Å². The molecule has 0 saturated carbocycles. The maximum absolute atomic E-state index is 12.8. The maximum Gasteiger partial charge on any atom is 0.432 e. The lowest BCUT2D eigenvalue weighted by molar-refractivity contribution is -0.140. The number of hydrogen-bond acceptors (Lipinski definition) is 4. The molecule has 6 nitrogen and oxygen atoms in total. The van der Waals surface area contributed by atoms with Crippen LogP contribution in [0.5, 0.6) is 5.75 Å². The van der Waals surface area contributed by atoms with E-state index in [2.05, 4.69) is 27.1 Å². The van der Waals surface area contributed by atoms with Gasteiger partial charge in [-0.2, -0.15) is 13.2 Å². The van der Waals surface area contributed by atoms with Crippen molar-refractivity contribution in [3.05, 3.63) is 30.1 Å². The minimum atomic E-state index is -4.52. The van der Waals surface area contributed by atoms with Crippen molar-refractivity contribution in [2.45, 2.75) is 13.1 Å². The molecule has 0 aliphatic rings. The highest BCUT2D eigenvalue weighted by Crippen LogP contribution is 2.32. The Morgan fingerprint density at radius 2 is 2.11 bits per heavy atom. The molecule has 0 bridgehead atoms. The number of ether oxygens (including phenoxy) is 1. The molecule has 0 aliphatic heterocycles. The Bertz CT molecular complexity index is 863. The van der Waals surface area contributed by atoms with Crippen molar-refractivity contribution in [2.24, 2.45) is 0 Å². The largest absolute Gasteiger partial charge is 0.490 e. The van der Waals surface area contributed by atoms with Gasteiger partial charge < -0.3 is 19.9 Å². The summed E-state index contributed by atoms with van der Waals surface area (Å²) in [5.74, 6) is 4.68. The maximum atomic E-state index is 12.8. The second kappa shape index (κ2) is 8.60. The SMILES string of the molecule is CC#CC(=O)Nc1cc(-c2ncc(C(F)(F)F)[nH]2)ccc1OCCN(C)C. The van der Waals surface area contributed by atoms with Crippen molar-refractivity contribution in [3.63, 3.8) is 0 Å². The Morgan fingerprint density at radius 3 is 2.70 bits per heavy atom. The number of aromatic amines is 1. The quantitative estimate of drug-likeness (QED) is 0.756. The van der Waals surface area contributed by atoms with E-state index in [9.17, 15) is 18.0 Å². The molecule has 0 aliphatic carbocycles. The number of nitrogens with zero attached hydrogens (tertiary/aromatic N) is 2. The van der Waals surface area contributed by atoms with Crippen LogP contribution in [0.25, 0.3) is 11.4 Å². The zero-order valence-corrected chi connectivity index (χ0v) is 15.1. The summed E-state index contributed by atoms with van der Waals surface area (Å²) in [6.45, 7) is 2.54. The van der Waals surface area contributed by atoms with Gasteiger partial charge in [0.1, 0.15) is 23.9 Å².